The summed E-state index contributed by atoms with van der Waals surface area (Å²) in [4.78, 5) is 9.85. The van der Waals surface area contributed by atoms with Crippen LogP contribution in [0.15, 0.2) is 23.2 Å². The molecule has 1 aromatic rings. The molecule has 0 bridgehead atoms. The fraction of sp³-hybridized carbons (Fsp3) is 0.682. The normalized spacial score (nSPS) is 17.8. The van der Waals surface area contributed by atoms with E-state index in [1.807, 2.05) is 13.0 Å². The minimum Gasteiger partial charge on any atom is -0.357 e. The first kappa shape index (κ1) is 22.6. The molecule has 2 rings (SSSR count). The van der Waals surface area contributed by atoms with Crippen molar-refractivity contribution in [1.29, 1.82) is 0 Å². The number of nitrogens with one attached hydrogen (secondary N) is 2. The van der Waals surface area contributed by atoms with E-state index in [1.54, 1.807) is 6.07 Å². The molecular weight excluding hydrogens is 353 g/mol. The summed E-state index contributed by atoms with van der Waals surface area (Å²) >= 11 is 0. The van der Waals surface area contributed by atoms with Crippen molar-refractivity contribution < 1.29 is 4.39 Å². The van der Waals surface area contributed by atoms with Crippen LogP contribution < -0.4 is 10.6 Å². The molecule has 0 amide bonds. The Labute approximate surface area is 170 Å². The minimum absolute atomic E-state index is 0.173. The molecule has 158 valence electrons. The lowest BCUT2D eigenvalue weighted by Crippen LogP contribution is -2.52. The number of nitrogens with zero attached hydrogens (tertiary/aromatic N) is 3. The van der Waals surface area contributed by atoms with Gasteiger partial charge < -0.3 is 15.5 Å². The Morgan fingerprint density at radius 2 is 1.89 bits per heavy atom. The van der Waals surface area contributed by atoms with Gasteiger partial charge in [0.15, 0.2) is 5.96 Å². The number of rotatable bonds is 8. The van der Waals surface area contributed by atoms with Gasteiger partial charge in [0.05, 0.1) is 6.54 Å². The van der Waals surface area contributed by atoms with Gasteiger partial charge in [-0.05, 0) is 56.5 Å². The molecule has 2 N–H and O–H groups in total. The lowest BCUT2D eigenvalue weighted by molar-refractivity contribution is 0.0925. The zero-order chi connectivity index (χ0) is 20.5. The van der Waals surface area contributed by atoms with Crippen molar-refractivity contribution in [2.75, 3.05) is 52.9 Å². The van der Waals surface area contributed by atoms with Crippen molar-refractivity contribution in [1.82, 2.24) is 20.4 Å². The number of benzene rings is 1. The summed E-state index contributed by atoms with van der Waals surface area (Å²) < 4.78 is 13.3. The Bertz CT molecular complexity index is 623. The second kappa shape index (κ2) is 11.4. The average molecular weight is 392 g/mol. The second-order valence-electron chi connectivity index (χ2n) is 8.12. The van der Waals surface area contributed by atoms with E-state index in [0.717, 1.165) is 63.8 Å². The Morgan fingerprint density at radius 3 is 2.50 bits per heavy atom. The summed E-state index contributed by atoms with van der Waals surface area (Å²) in [5.74, 6) is 1.26. The molecule has 6 heteroatoms. The predicted octanol–water partition coefficient (Wildman–Crippen LogP) is 2.50. The molecule has 1 aliphatic heterocycles. The van der Waals surface area contributed by atoms with E-state index < -0.39 is 0 Å². The second-order valence-corrected chi connectivity index (χ2v) is 8.12. The van der Waals surface area contributed by atoms with E-state index in [9.17, 15) is 4.39 Å². The van der Waals surface area contributed by atoms with Crippen LogP contribution in [0.3, 0.4) is 0 Å². The molecule has 1 fully saturated rings. The van der Waals surface area contributed by atoms with Crippen LogP contribution >= 0.6 is 0 Å². The molecule has 1 saturated heterocycles. The Morgan fingerprint density at radius 1 is 1.18 bits per heavy atom. The molecule has 0 radical (unpaired) electrons. The van der Waals surface area contributed by atoms with Gasteiger partial charge in [-0.1, -0.05) is 19.9 Å². The summed E-state index contributed by atoms with van der Waals surface area (Å²) in [6.07, 6.45) is 0.850. The first-order valence-corrected chi connectivity index (χ1v) is 10.6. The quantitative estimate of drug-likeness (QED) is 0.528. The highest BCUT2D eigenvalue weighted by Gasteiger charge is 2.24. The van der Waals surface area contributed by atoms with Crippen LogP contribution in [0.2, 0.25) is 0 Å². The summed E-state index contributed by atoms with van der Waals surface area (Å²) in [6, 6.07) is 5.46. The topological polar surface area (TPSA) is 42.9 Å². The van der Waals surface area contributed by atoms with Crippen molar-refractivity contribution in [2.24, 2.45) is 10.9 Å². The van der Waals surface area contributed by atoms with Crippen molar-refractivity contribution in [3.05, 3.63) is 35.1 Å². The number of piperazine rings is 1. The van der Waals surface area contributed by atoms with Gasteiger partial charge in [0.25, 0.3) is 0 Å². The van der Waals surface area contributed by atoms with Gasteiger partial charge in [0.2, 0.25) is 0 Å². The maximum absolute atomic E-state index is 13.3. The molecule has 1 heterocycles. The zero-order valence-corrected chi connectivity index (χ0v) is 18.3. The fourth-order valence-corrected chi connectivity index (χ4v) is 3.68. The fourth-order valence-electron chi connectivity index (χ4n) is 3.68. The third kappa shape index (κ3) is 7.06. The molecule has 1 aromatic carbocycles. The van der Waals surface area contributed by atoms with Crippen LogP contribution in [0.1, 0.15) is 31.9 Å². The molecule has 0 spiro atoms. The summed E-state index contributed by atoms with van der Waals surface area (Å²) in [6.45, 7) is 15.5. The van der Waals surface area contributed by atoms with Crippen LogP contribution in [0.4, 0.5) is 4.39 Å². The Hall–Kier alpha value is -1.66. The van der Waals surface area contributed by atoms with Gasteiger partial charge in [0, 0.05) is 45.3 Å². The Kier molecular flexibility index (Phi) is 9.19. The SMILES string of the molecule is CCNC(=NCC(C(C)C)N1CCN(C)CC1)NCCc1ccc(F)cc1C. The van der Waals surface area contributed by atoms with Gasteiger partial charge in [0.1, 0.15) is 5.82 Å². The molecule has 0 aliphatic carbocycles. The van der Waals surface area contributed by atoms with Crippen molar-refractivity contribution in [3.8, 4) is 0 Å². The number of guanidine groups is 1. The van der Waals surface area contributed by atoms with E-state index in [0.29, 0.717) is 12.0 Å². The smallest absolute Gasteiger partial charge is 0.191 e. The van der Waals surface area contributed by atoms with Crippen molar-refractivity contribution >= 4 is 5.96 Å². The lowest BCUT2D eigenvalue weighted by atomic mass is 10.0. The maximum atomic E-state index is 13.3. The minimum atomic E-state index is -0.173. The molecule has 0 saturated carbocycles. The number of aryl methyl sites for hydroxylation is 1. The van der Waals surface area contributed by atoms with Crippen LogP contribution in [0, 0.1) is 18.7 Å². The first-order chi connectivity index (χ1) is 13.4. The zero-order valence-electron chi connectivity index (χ0n) is 18.3. The van der Waals surface area contributed by atoms with Gasteiger partial charge in [-0.25, -0.2) is 4.39 Å². The monoisotopic (exact) mass is 391 g/mol. The highest BCUT2D eigenvalue weighted by molar-refractivity contribution is 5.79. The molecular formula is C22H38FN5. The van der Waals surface area contributed by atoms with E-state index in [1.165, 1.54) is 11.6 Å². The first-order valence-electron chi connectivity index (χ1n) is 10.6. The van der Waals surface area contributed by atoms with Crippen LogP contribution in [-0.4, -0.2) is 74.7 Å². The largest absolute Gasteiger partial charge is 0.357 e. The number of hydrogen-bond acceptors (Lipinski definition) is 3. The van der Waals surface area contributed by atoms with Gasteiger partial charge in [-0.15, -0.1) is 0 Å². The molecule has 1 aliphatic rings. The van der Waals surface area contributed by atoms with E-state index >= 15 is 0 Å². The summed E-state index contributed by atoms with van der Waals surface area (Å²) in [5, 5.41) is 6.78. The lowest BCUT2D eigenvalue weighted by Gasteiger charge is -2.39. The highest BCUT2D eigenvalue weighted by Crippen LogP contribution is 2.14. The van der Waals surface area contributed by atoms with Crippen LogP contribution in [-0.2, 0) is 6.42 Å². The van der Waals surface area contributed by atoms with E-state index in [2.05, 4.69) is 48.3 Å². The summed E-state index contributed by atoms with van der Waals surface area (Å²) in [7, 11) is 2.19. The third-order valence-electron chi connectivity index (χ3n) is 5.55. The van der Waals surface area contributed by atoms with Gasteiger partial charge in [-0.2, -0.15) is 0 Å². The standard InChI is InChI=1S/C22H38FN5/c1-6-24-22(25-10-9-19-7-8-20(23)15-18(19)4)26-16-21(17(2)3)28-13-11-27(5)12-14-28/h7-8,15,17,21H,6,9-14,16H2,1-5H3,(H2,24,25,26). The number of halogens is 1. The number of aliphatic imine (C=N–C) groups is 1. The molecule has 5 nitrogen and oxygen atoms in total. The molecule has 1 atom stereocenters. The summed E-state index contributed by atoms with van der Waals surface area (Å²) in [5.41, 5.74) is 2.17. The average Bonchev–Trinajstić information content (AvgIpc) is 2.64. The maximum Gasteiger partial charge on any atom is 0.191 e. The number of likely N-dealkylation sites (N-methyl/N-ethyl adjacent to an activating group) is 1. The molecule has 1 unspecified atom stereocenters. The van der Waals surface area contributed by atoms with Crippen LogP contribution in [0.5, 0.6) is 0 Å². The van der Waals surface area contributed by atoms with E-state index in [-0.39, 0.29) is 5.82 Å². The molecule has 28 heavy (non-hydrogen) atoms. The predicted molar refractivity (Wildman–Crippen MR) is 117 cm³/mol. The van der Waals surface area contributed by atoms with Crippen molar-refractivity contribution in [3.63, 3.8) is 0 Å². The highest BCUT2D eigenvalue weighted by atomic mass is 19.1. The van der Waals surface area contributed by atoms with Crippen molar-refractivity contribution in [2.45, 2.75) is 40.2 Å². The number of hydrogen-bond donors (Lipinski definition) is 2. The van der Waals surface area contributed by atoms with Gasteiger partial charge in [-0.3, -0.25) is 9.89 Å². The van der Waals surface area contributed by atoms with E-state index in [4.69, 9.17) is 4.99 Å². The Balaban J connectivity index is 1.92. The molecule has 0 aromatic heterocycles. The third-order valence-corrected chi connectivity index (χ3v) is 5.55. The van der Waals surface area contributed by atoms with Crippen LogP contribution in [0.25, 0.3) is 0 Å². The van der Waals surface area contributed by atoms with Gasteiger partial charge >= 0.3 is 0 Å².